The fraction of sp³-hybridized carbons (Fsp3) is 0.438. The summed E-state index contributed by atoms with van der Waals surface area (Å²) in [6.45, 7) is 7.24. The van der Waals surface area contributed by atoms with E-state index in [4.69, 9.17) is 5.73 Å². The van der Waals surface area contributed by atoms with Crippen LogP contribution in [0.4, 0.5) is 0 Å². The number of thioether (sulfide) groups is 1. The van der Waals surface area contributed by atoms with Gasteiger partial charge in [-0.2, -0.15) is 0 Å². The van der Waals surface area contributed by atoms with Crippen molar-refractivity contribution in [3.05, 3.63) is 29.8 Å². The third-order valence-corrected chi connectivity index (χ3v) is 4.38. The zero-order valence-corrected chi connectivity index (χ0v) is 14.1. The van der Waals surface area contributed by atoms with E-state index in [1.807, 2.05) is 20.8 Å². The summed E-state index contributed by atoms with van der Waals surface area (Å²) >= 11 is 1.03. The van der Waals surface area contributed by atoms with Crippen LogP contribution in [0.1, 0.15) is 44.5 Å². The first kappa shape index (κ1) is 18.2. The van der Waals surface area contributed by atoms with Crippen LogP contribution < -0.4 is 11.1 Å². The van der Waals surface area contributed by atoms with Gasteiger partial charge in [-0.25, -0.2) is 0 Å². The van der Waals surface area contributed by atoms with E-state index < -0.39 is 23.3 Å². The molecule has 6 heteroatoms. The average Bonchev–Trinajstić information content (AvgIpc) is 2.43. The molecule has 120 valence electrons. The van der Waals surface area contributed by atoms with Gasteiger partial charge in [0.2, 0.25) is 5.91 Å². The highest BCUT2D eigenvalue weighted by atomic mass is 32.2. The lowest BCUT2D eigenvalue weighted by atomic mass is 10.00. The van der Waals surface area contributed by atoms with E-state index in [1.54, 1.807) is 31.2 Å². The number of rotatable bonds is 5. The third-order valence-electron chi connectivity index (χ3n) is 3.00. The molecule has 1 aromatic carbocycles. The monoisotopic (exact) mass is 322 g/mol. The summed E-state index contributed by atoms with van der Waals surface area (Å²) in [5, 5.41) is 2.56. The van der Waals surface area contributed by atoms with Gasteiger partial charge in [0.05, 0.1) is 5.56 Å². The van der Waals surface area contributed by atoms with Crippen molar-refractivity contribution in [1.29, 1.82) is 0 Å². The topological polar surface area (TPSA) is 89.3 Å². The lowest BCUT2D eigenvalue weighted by Crippen LogP contribution is -2.44. The predicted octanol–water partition coefficient (Wildman–Crippen LogP) is 2.35. The Labute approximate surface area is 135 Å². The first-order chi connectivity index (χ1) is 10.2. The van der Waals surface area contributed by atoms with Crippen LogP contribution in [0.3, 0.4) is 0 Å². The number of carbonyl (C=O) groups excluding carboxylic acids is 3. The van der Waals surface area contributed by atoms with Gasteiger partial charge in [-0.3, -0.25) is 14.4 Å². The van der Waals surface area contributed by atoms with Gasteiger partial charge in [0.25, 0.3) is 5.91 Å². The van der Waals surface area contributed by atoms with Crippen LogP contribution >= 0.6 is 11.8 Å². The van der Waals surface area contributed by atoms with Gasteiger partial charge in [-0.1, -0.05) is 51.6 Å². The van der Waals surface area contributed by atoms with Gasteiger partial charge in [0.1, 0.15) is 6.04 Å². The molecule has 0 saturated heterocycles. The summed E-state index contributed by atoms with van der Waals surface area (Å²) in [5.41, 5.74) is 5.10. The van der Waals surface area contributed by atoms with Gasteiger partial charge >= 0.3 is 0 Å². The summed E-state index contributed by atoms with van der Waals surface area (Å²) in [4.78, 5) is 36.3. The Morgan fingerprint density at radius 2 is 1.82 bits per heavy atom. The first-order valence-corrected chi connectivity index (χ1v) is 7.90. The number of carbonyl (C=O) groups is 3. The Morgan fingerprint density at radius 1 is 1.23 bits per heavy atom. The highest BCUT2D eigenvalue weighted by Crippen LogP contribution is 2.31. The summed E-state index contributed by atoms with van der Waals surface area (Å²) in [7, 11) is 0. The molecule has 1 atom stereocenters. The minimum absolute atomic E-state index is 0.0327. The van der Waals surface area contributed by atoms with Crippen LogP contribution in [0, 0.1) is 5.41 Å². The van der Waals surface area contributed by atoms with E-state index in [0.29, 0.717) is 16.9 Å². The quantitative estimate of drug-likeness (QED) is 0.814. The Morgan fingerprint density at radius 3 is 2.32 bits per heavy atom. The van der Waals surface area contributed by atoms with Gasteiger partial charge in [-0.15, -0.1) is 0 Å². The van der Waals surface area contributed by atoms with Crippen LogP contribution in [0.2, 0.25) is 0 Å². The average molecular weight is 322 g/mol. The number of nitrogens with one attached hydrogen (secondary N) is 1. The van der Waals surface area contributed by atoms with Gasteiger partial charge < -0.3 is 11.1 Å². The summed E-state index contributed by atoms with van der Waals surface area (Å²) < 4.78 is 0. The van der Waals surface area contributed by atoms with Crippen molar-refractivity contribution >= 4 is 28.7 Å². The molecule has 2 amide bonds. The molecule has 0 saturated carbocycles. The van der Waals surface area contributed by atoms with E-state index in [-0.39, 0.29) is 5.12 Å². The molecule has 0 fully saturated rings. The molecule has 0 radical (unpaired) electrons. The van der Waals surface area contributed by atoms with E-state index in [1.165, 1.54) is 0 Å². The van der Waals surface area contributed by atoms with Gasteiger partial charge in [-0.05, 0) is 18.6 Å². The van der Waals surface area contributed by atoms with Crippen molar-refractivity contribution < 1.29 is 14.4 Å². The molecule has 1 unspecified atom stereocenters. The van der Waals surface area contributed by atoms with Crippen LogP contribution in [0.15, 0.2) is 29.2 Å². The molecule has 0 aliphatic rings. The maximum absolute atomic E-state index is 12.3. The number of hydrogen-bond donors (Lipinski definition) is 2. The van der Waals surface area contributed by atoms with Crippen molar-refractivity contribution in [3.8, 4) is 0 Å². The van der Waals surface area contributed by atoms with Crippen LogP contribution in [0.5, 0.6) is 0 Å². The Kier molecular flexibility index (Phi) is 6.17. The van der Waals surface area contributed by atoms with E-state index in [0.717, 1.165) is 11.8 Å². The SMILES string of the molecule is CCC(NC(=O)c1ccccc1SC(=O)C(C)(C)C)C(N)=O. The Hall–Kier alpha value is -1.82. The smallest absolute Gasteiger partial charge is 0.253 e. The second-order valence-electron chi connectivity index (χ2n) is 5.97. The number of hydrogen-bond acceptors (Lipinski definition) is 4. The highest BCUT2D eigenvalue weighted by molar-refractivity contribution is 8.13. The van der Waals surface area contributed by atoms with Crippen LogP contribution in [-0.4, -0.2) is 23.0 Å². The minimum Gasteiger partial charge on any atom is -0.368 e. The number of amides is 2. The number of nitrogens with two attached hydrogens (primary N) is 1. The molecule has 1 rings (SSSR count). The van der Waals surface area contributed by atoms with Crippen molar-refractivity contribution in [2.75, 3.05) is 0 Å². The molecule has 0 aliphatic carbocycles. The van der Waals surface area contributed by atoms with E-state index in [9.17, 15) is 14.4 Å². The second-order valence-corrected chi connectivity index (χ2v) is 6.99. The van der Waals surface area contributed by atoms with Crippen LogP contribution in [-0.2, 0) is 9.59 Å². The second kappa shape index (κ2) is 7.45. The van der Waals surface area contributed by atoms with E-state index >= 15 is 0 Å². The lowest BCUT2D eigenvalue weighted by Gasteiger charge is -2.18. The van der Waals surface area contributed by atoms with Gasteiger partial charge in [0, 0.05) is 10.3 Å². The van der Waals surface area contributed by atoms with Crippen LogP contribution in [0.25, 0.3) is 0 Å². The molecule has 5 nitrogen and oxygen atoms in total. The van der Waals surface area contributed by atoms with Crippen molar-refractivity contribution in [2.45, 2.75) is 45.1 Å². The fourth-order valence-electron chi connectivity index (χ4n) is 1.61. The van der Waals surface area contributed by atoms with Crippen molar-refractivity contribution in [2.24, 2.45) is 11.1 Å². The standard InChI is InChI=1S/C16H22N2O3S/c1-5-11(13(17)19)18-14(20)10-8-6-7-9-12(10)22-15(21)16(2,3)4/h6-9,11H,5H2,1-4H3,(H2,17,19)(H,18,20). The first-order valence-electron chi connectivity index (χ1n) is 7.08. The molecule has 22 heavy (non-hydrogen) atoms. The van der Waals surface area contributed by atoms with Crippen molar-refractivity contribution in [1.82, 2.24) is 5.32 Å². The van der Waals surface area contributed by atoms with Crippen molar-refractivity contribution in [3.63, 3.8) is 0 Å². The molecule has 0 aliphatic heterocycles. The maximum atomic E-state index is 12.3. The molecular weight excluding hydrogens is 300 g/mol. The third kappa shape index (κ3) is 4.87. The number of primary amides is 1. The lowest BCUT2D eigenvalue weighted by molar-refractivity contribution is -0.120. The summed E-state index contributed by atoms with van der Waals surface area (Å²) in [5.74, 6) is -0.984. The molecule has 0 heterocycles. The predicted molar refractivity (Wildman–Crippen MR) is 87.5 cm³/mol. The molecular formula is C16H22N2O3S. The Bertz CT molecular complexity index is 579. The molecule has 3 N–H and O–H groups in total. The molecule has 1 aromatic rings. The fourth-order valence-corrected chi connectivity index (χ4v) is 2.53. The Balaban J connectivity index is 2.99. The summed E-state index contributed by atoms with van der Waals surface area (Å²) in [6.07, 6.45) is 0.414. The minimum atomic E-state index is -0.719. The molecule has 0 spiro atoms. The van der Waals surface area contributed by atoms with Gasteiger partial charge in [0.15, 0.2) is 5.12 Å². The summed E-state index contributed by atoms with van der Waals surface area (Å²) in [6, 6.07) is 6.10. The molecule has 0 aromatic heterocycles. The largest absolute Gasteiger partial charge is 0.368 e. The zero-order valence-electron chi connectivity index (χ0n) is 13.3. The van der Waals surface area contributed by atoms with E-state index in [2.05, 4.69) is 5.32 Å². The maximum Gasteiger partial charge on any atom is 0.253 e. The highest BCUT2D eigenvalue weighted by Gasteiger charge is 2.25. The number of benzene rings is 1. The zero-order chi connectivity index (χ0) is 16.9. The normalized spacial score (nSPS) is 12.5. The molecule has 0 bridgehead atoms.